The zero-order valence-electron chi connectivity index (χ0n) is 13.4. The second-order valence-electron chi connectivity index (χ2n) is 5.90. The average Bonchev–Trinajstić information content (AvgIpc) is 2.48. The molecule has 1 aliphatic carbocycles. The molecule has 0 heterocycles. The van der Waals surface area contributed by atoms with Crippen LogP contribution >= 0.6 is 12.4 Å². The lowest BCUT2D eigenvalue weighted by Crippen LogP contribution is -2.46. The van der Waals surface area contributed by atoms with Crippen molar-refractivity contribution in [2.75, 3.05) is 0 Å². The minimum atomic E-state index is -0.429. The minimum Gasteiger partial charge on any atom is -0.480 e. The molecule has 0 radical (unpaired) electrons. The molecule has 5 heteroatoms. The molecule has 3 N–H and O–H groups in total. The third-order valence-corrected chi connectivity index (χ3v) is 4.14. The zero-order valence-corrected chi connectivity index (χ0v) is 14.2. The number of ether oxygens (including phenoxy) is 1. The molecule has 1 saturated carbocycles. The number of hydrogen-bond acceptors (Lipinski definition) is 3. The monoisotopic (exact) mass is 326 g/mol. The number of halogens is 1. The van der Waals surface area contributed by atoms with Gasteiger partial charge in [0.2, 0.25) is 0 Å². The molecule has 0 aliphatic heterocycles. The first kappa shape index (κ1) is 18.8. The van der Waals surface area contributed by atoms with E-state index in [4.69, 9.17) is 10.5 Å². The van der Waals surface area contributed by atoms with Gasteiger partial charge in [0.25, 0.3) is 5.91 Å². The summed E-state index contributed by atoms with van der Waals surface area (Å²) in [4.78, 5) is 12.4. The van der Waals surface area contributed by atoms with E-state index in [1.807, 2.05) is 38.1 Å². The van der Waals surface area contributed by atoms with Crippen molar-refractivity contribution in [3.05, 3.63) is 29.8 Å². The highest BCUT2D eigenvalue weighted by molar-refractivity contribution is 5.85. The summed E-state index contributed by atoms with van der Waals surface area (Å²) in [6, 6.07) is 8.33. The fourth-order valence-corrected chi connectivity index (χ4v) is 2.72. The highest BCUT2D eigenvalue weighted by Crippen LogP contribution is 2.20. The average molecular weight is 327 g/mol. The van der Waals surface area contributed by atoms with Crippen molar-refractivity contribution < 1.29 is 9.53 Å². The van der Waals surface area contributed by atoms with E-state index >= 15 is 0 Å². The van der Waals surface area contributed by atoms with Crippen molar-refractivity contribution in [2.24, 2.45) is 5.73 Å². The largest absolute Gasteiger partial charge is 0.480 e. The fraction of sp³-hybridized carbons (Fsp3) is 0.588. The molecule has 1 unspecified atom stereocenters. The molecule has 1 aromatic rings. The van der Waals surface area contributed by atoms with E-state index in [0.29, 0.717) is 12.5 Å². The van der Waals surface area contributed by atoms with Gasteiger partial charge < -0.3 is 15.8 Å². The molecule has 0 bridgehead atoms. The van der Waals surface area contributed by atoms with Crippen LogP contribution in [0.4, 0.5) is 0 Å². The molecule has 4 nitrogen and oxygen atoms in total. The maximum atomic E-state index is 12.4. The lowest BCUT2D eigenvalue weighted by Gasteiger charge is -2.28. The first-order valence-electron chi connectivity index (χ1n) is 7.88. The number of para-hydroxylation sites is 1. The summed E-state index contributed by atoms with van der Waals surface area (Å²) in [7, 11) is 0. The normalized spacial score (nSPS) is 22.3. The third-order valence-electron chi connectivity index (χ3n) is 4.14. The van der Waals surface area contributed by atoms with E-state index in [0.717, 1.165) is 37.0 Å². The Labute approximate surface area is 139 Å². The quantitative estimate of drug-likeness (QED) is 0.874. The molecule has 1 atom stereocenters. The van der Waals surface area contributed by atoms with E-state index in [2.05, 4.69) is 5.32 Å². The van der Waals surface area contributed by atoms with Gasteiger partial charge in [0.05, 0.1) is 0 Å². The van der Waals surface area contributed by atoms with Gasteiger partial charge in [0, 0.05) is 12.1 Å². The number of aryl methyl sites for hydroxylation is 1. The van der Waals surface area contributed by atoms with Crippen molar-refractivity contribution in [2.45, 2.75) is 64.1 Å². The molecule has 1 amide bonds. The number of carbonyl (C=O) groups excluding carboxylic acids is 1. The maximum absolute atomic E-state index is 12.4. The van der Waals surface area contributed by atoms with E-state index < -0.39 is 6.10 Å². The van der Waals surface area contributed by atoms with Crippen LogP contribution in [0.5, 0.6) is 5.75 Å². The summed E-state index contributed by atoms with van der Waals surface area (Å²) in [5, 5.41) is 3.11. The van der Waals surface area contributed by atoms with Gasteiger partial charge in [-0.3, -0.25) is 4.79 Å². The molecule has 0 spiro atoms. The number of rotatable bonds is 5. The van der Waals surface area contributed by atoms with Crippen LogP contribution in [0.15, 0.2) is 24.3 Å². The fourth-order valence-electron chi connectivity index (χ4n) is 2.72. The SMILES string of the molecule is CCC(Oc1ccccc1C)C(=O)NC1CCC(N)CC1.Cl. The highest BCUT2D eigenvalue weighted by Gasteiger charge is 2.24. The van der Waals surface area contributed by atoms with Crippen molar-refractivity contribution in [3.8, 4) is 5.75 Å². The number of carbonyl (C=O) groups is 1. The molecular weight excluding hydrogens is 300 g/mol. The lowest BCUT2D eigenvalue weighted by atomic mass is 9.91. The van der Waals surface area contributed by atoms with E-state index in [9.17, 15) is 4.79 Å². The first-order valence-corrected chi connectivity index (χ1v) is 7.88. The van der Waals surface area contributed by atoms with Crippen molar-refractivity contribution in [1.82, 2.24) is 5.32 Å². The van der Waals surface area contributed by atoms with Gasteiger partial charge >= 0.3 is 0 Å². The number of nitrogens with two attached hydrogens (primary N) is 1. The van der Waals surface area contributed by atoms with Gasteiger partial charge in [-0.2, -0.15) is 0 Å². The molecule has 1 fully saturated rings. The number of amides is 1. The van der Waals surface area contributed by atoms with Crippen molar-refractivity contribution in [1.29, 1.82) is 0 Å². The van der Waals surface area contributed by atoms with Crippen molar-refractivity contribution in [3.63, 3.8) is 0 Å². The van der Waals surface area contributed by atoms with E-state index in [1.165, 1.54) is 0 Å². The summed E-state index contributed by atoms with van der Waals surface area (Å²) in [6.07, 6.45) is 4.14. The van der Waals surface area contributed by atoms with Crippen LogP contribution in [0.1, 0.15) is 44.6 Å². The van der Waals surface area contributed by atoms with Gasteiger partial charge in [-0.05, 0) is 50.7 Å². The van der Waals surface area contributed by atoms with Crippen LogP contribution in [0, 0.1) is 6.92 Å². The molecular formula is C17H27ClN2O2. The molecule has 1 aliphatic rings. The van der Waals surface area contributed by atoms with Crippen molar-refractivity contribution >= 4 is 18.3 Å². The topological polar surface area (TPSA) is 64.3 Å². The summed E-state index contributed by atoms with van der Waals surface area (Å²) in [5.74, 6) is 0.770. The Hall–Kier alpha value is -1.26. The van der Waals surface area contributed by atoms with Crippen LogP contribution in [0.2, 0.25) is 0 Å². The Balaban J connectivity index is 0.00000242. The Bertz CT molecular complexity index is 473. The van der Waals surface area contributed by atoms with Crippen LogP contribution in [0.3, 0.4) is 0 Å². The predicted octanol–water partition coefficient (Wildman–Crippen LogP) is 2.96. The highest BCUT2D eigenvalue weighted by atomic mass is 35.5. The summed E-state index contributed by atoms with van der Waals surface area (Å²) < 4.78 is 5.88. The van der Waals surface area contributed by atoms with Gasteiger partial charge in [-0.25, -0.2) is 0 Å². The standard InChI is InChI=1S/C17H26N2O2.ClH/c1-3-15(21-16-7-5-4-6-12(16)2)17(20)19-14-10-8-13(18)9-11-14;/h4-7,13-15H,3,8-11,18H2,1-2H3,(H,19,20);1H. The molecule has 124 valence electrons. The van der Waals surface area contributed by atoms with Gasteiger partial charge in [0.1, 0.15) is 5.75 Å². The van der Waals surface area contributed by atoms with Gasteiger partial charge in [-0.1, -0.05) is 25.1 Å². The second kappa shape index (κ2) is 9.01. The van der Waals surface area contributed by atoms with Gasteiger partial charge in [-0.15, -0.1) is 12.4 Å². The van der Waals surface area contributed by atoms with E-state index in [-0.39, 0.29) is 24.4 Å². The third kappa shape index (κ3) is 5.18. The zero-order chi connectivity index (χ0) is 15.2. The Kier molecular flexibility index (Phi) is 7.69. The van der Waals surface area contributed by atoms with E-state index in [1.54, 1.807) is 0 Å². The first-order chi connectivity index (χ1) is 10.1. The Morgan fingerprint density at radius 3 is 2.55 bits per heavy atom. The molecule has 0 saturated heterocycles. The summed E-state index contributed by atoms with van der Waals surface area (Å²) in [6.45, 7) is 3.96. The molecule has 1 aromatic carbocycles. The smallest absolute Gasteiger partial charge is 0.261 e. The summed E-state index contributed by atoms with van der Waals surface area (Å²) in [5.41, 5.74) is 6.94. The number of hydrogen-bond donors (Lipinski definition) is 2. The Morgan fingerprint density at radius 2 is 1.95 bits per heavy atom. The molecule has 22 heavy (non-hydrogen) atoms. The number of benzene rings is 1. The second-order valence-corrected chi connectivity index (χ2v) is 5.90. The van der Waals surface area contributed by atoms with Crippen LogP contribution < -0.4 is 15.8 Å². The minimum absolute atomic E-state index is 0. The molecule has 0 aromatic heterocycles. The lowest BCUT2D eigenvalue weighted by molar-refractivity contribution is -0.129. The predicted molar refractivity (Wildman–Crippen MR) is 91.5 cm³/mol. The Morgan fingerprint density at radius 1 is 1.32 bits per heavy atom. The maximum Gasteiger partial charge on any atom is 0.261 e. The van der Waals surface area contributed by atoms with Crippen LogP contribution in [-0.2, 0) is 4.79 Å². The van der Waals surface area contributed by atoms with Gasteiger partial charge in [0.15, 0.2) is 6.10 Å². The summed E-state index contributed by atoms with van der Waals surface area (Å²) >= 11 is 0. The number of nitrogens with one attached hydrogen (secondary N) is 1. The van der Waals surface area contributed by atoms with Crippen LogP contribution in [-0.4, -0.2) is 24.1 Å². The molecule has 2 rings (SSSR count). The van der Waals surface area contributed by atoms with Crippen LogP contribution in [0.25, 0.3) is 0 Å².